The molecule has 118 valence electrons. The summed E-state index contributed by atoms with van der Waals surface area (Å²) < 4.78 is 5.81. The van der Waals surface area contributed by atoms with Crippen LogP contribution in [0.25, 0.3) is 0 Å². The van der Waals surface area contributed by atoms with E-state index in [0.29, 0.717) is 26.1 Å². The molecule has 2 saturated heterocycles. The Hall–Kier alpha value is -2.15. The number of nitrogens with zero attached hydrogens (tertiary/aromatic N) is 2. The van der Waals surface area contributed by atoms with Crippen LogP contribution in [0.5, 0.6) is 0 Å². The molecule has 0 unspecified atom stereocenters. The molecule has 7 heteroatoms. The predicted octanol–water partition coefficient (Wildman–Crippen LogP) is 0.127. The van der Waals surface area contributed by atoms with Gasteiger partial charge in [-0.2, -0.15) is 0 Å². The predicted molar refractivity (Wildman–Crippen MR) is 78.9 cm³/mol. The SMILES string of the molecule is CNC(=O)N1C[C@H]2C[C@H](C(=O)NCc3cccnc3)[C@@H](C1)O2. The van der Waals surface area contributed by atoms with Gasteiger partial charge in [0, 0.05) is 39.1 Å². The van der Waals surface area contributed by atoms with Crippen LogP contribution in [-0.4, -0.2) is 54.2 Å². The molecule has 2 fully saturated rings. The Bertz CT molecular complexity index is 551. The van der Waals surface area contributed by atoms with Crippen molar-refractivity contribution in [1.82, 2.24) is 20.5 Å². The lowest BCUT2D eigenvalue weighted by Crippen LogP contribution is -2.50. The second kappa shape index (κ2) is 6.31. The Balaban J connectivity index is 1.57. The summed E-state index contributed by atoms with van der Waals surface area (Å²) in [6.07, 6.45) is 3.83. The summed E-state index contributed by atoms with van der Waals surface area (Å²) in [4.78, 5) is 29.8. The molecule has 3 rings (SSSR count). The first-order valence-corrected chi connectivity index (χ1v) is 7.46. The van der Waals surface area contributed by atoms with Crippen LogP contribution < -0.4 is 10.6 Å². The highest BCUT2D eigenvalue weighted by atomic mass is 16.5. The minimum absolute atomic E-state index is 0.0184. The number of rotatable bonds is 3. The normalized spacial score (nSPS) is 26.6. The molecular formula is C15H20N4O3. The van der Waals surface area contributed by atoms with Crippen LogP contribution in [-0.2, 0) is 16.1 Å². The van der Waals surface area contributed by atoms with Gasteiger partial charge >= 0.3 is 6.03 Å². The number of pyridine rings is 1. The number of carbonyl (C=O) groups is 2. The number of fused-ring (bicyclic) bond motifs is 2. The summed E-state index contributed by atoms with van der Waals surface area (Å²) in [6.45, 7) is 1.46. The standard InChI is InChI=1S/C15H20N4O3/c1-16-15(21)19-8-11-5-12(13(9-19)22-11)14(20)18-7-10-3-2-4-17-6-10/h2-4,6,11-13H,5,7-9H2,1H3,(H,16,21)(H,18,20)/t11-,12+,13-/m1/s1. The number of aromatic nitrogens is 1. The monoisotopic (exact) mass is 304 g/mol. The van der Waals surface area contributed by atoms with E-state index >= 15 is 0 Å². The van der Waals surface area contributed by atoms with Gasteiger partial charge in [0.2, 0.25) is 5.91 Å². The van der Waals surface area contributed by atoms with E-state index in [2.05, 4.69) is 15.6 Å². The van der Waals surface area contributed by atoms with Crippen LogP contribution >= 0.6 is 0 Å². The molecule has 2 N–H and O–H groups in total. The van der Waals surface area contributed by atoms with Crippen molar-refractivity contribution in [2.75, 3.05) is 20.1 Å². The van der Waals surface area contributed by atoms with E-state index < -0.39 is 0 Å². The number of morpholine rings is 1. The van der Waals surface area contributed by atoms with Crippen LogP contribution in [0.1, 0.15) is 12.0 Å². The van der Waals surface area contributed by atoms with Crippen molar-refractivity contribution in [3.05, 3.63) is 30.1 Å². The van der Waals surface area contributed by atoms with Gasteiger partial charge in [-0.05, 0) is 18.1 Å². The number of ether oxygens (including phenoxy) is 1. The highest BCUT2D eigenvalue weighted by Gasteiger charge is 2.45. The number of amides is 3. The van der Waals surface area contributed by atoms with Crippen LogP contribution in [0.4, 0.5) is 4.79 Å². The molecular weight excluding hydrogens is 284 g/mol. The quantitative estimate of drug-likeness (QED) is 0.831. The molecule has 0 radical (unpaired) electrons. The first-order chi connectivity index (χ1) is 10.7. The summed E-state index contributed by atoms with van der Waals surface area (Å²) in [5.74, 6) is -0.216. The van der Waals surface area contributed by atoms with Gasteiger partial charge in [-0.3, -0.25) is 9.78 Å². The Morgan fingerprint density at radius 3 is 3.05 bits per heavy atom. The molecule has 3 amide bonds. The lowest BCUT2D eigenvalue weighted by Gasteiger charge is -2.32. The summed E-state index contributed by atoms with van der Waals surface area (Å²) >= 11 is 0. The maximum atomic E-state index is 12.4. The fourth-order valence-electron chi connectivity index (χ4n) is 3.08. The number of carbonyl (C=O) groups excluding carboxylic acids is 2. The van der Waals surface area contributed by atoms with E-state index in [4.69, 9.17) is 4.74 Å². The molecule has 2 bridgehead atoms. The summed E-state index contributed by atoms with van der Waals surface area (Å²) in [5.41, 5.74) is 0.963. The molecule has 7 nitrogen and oxygen atoms in total. The fraction of sp³-hybridized carbons (Fsp3) is 0.533. The average Bonchev–Trinajstić information content (AvgIpc) is 2.86. The molecule has 2 aliphatic heterocycles. The second-order valence-corrected chi connectivity index (χ2v) is 5.68. The van der Waals surface area contributed by atoms with Gasteiger partial charge in [0.05, 0.1) is 18.1 Å². The van der Waals surface area contributed by atoms with Gasteiger partial charge < -0.3 is 20.3 Å². The molecule has 3 atom stereocenters. The lowest BCUT2D eigenvalue weighted by molar-refractivity contribution is -0.127. The first-order valence-electron chi connectivity index (χ1n) is 7.46. The Morgan fingerprint density at radius 2 is 2.32 bits per heavy atom. The number of likely N-dealkylation sites (tertiary alicyclic amines) is 1. The van der Waals surface area contributed by atoms with Crippen LogP contribution in [0.2, 0.25) is 0 Å². The van der Waals surface area contributed by atoms with Crippen molar-refractivity contribution in [2.24, 2.45) is 5.92 Å². The van der Waals surface area contributed by atoms with Gasteiger partial charge in [-0.25, -0.2) is 4.79 Å². The lowest BCUT2D eigenvalue weighted by atomic mass is 9.99. The number of nitrogens with one attached hydrogen (secondary N) is 2. The van der Waals surface area contributed by atoms with E-state index in [1.54, 1.807) is 24.3 Å². The molecule has 3 heterocycles. The van der Waals surface area contributed by atoms with Crippen molar-refractivity contribution in [3.8, 4) is 0 Å². The van der Waals surface area contributed by atoms with Crippen LogP contribution in [0.3, 0.4) is 0 Å². The summed E-state index contributed by atoms with van der Waals surface area (Å²) in [5, 5.41) is 5.55. The molecule has 0 saturated carbocycles. The van der Waals surface area contributed by atoms with Crippen LogP contribution in [0, 0.1) is 5.92 Å². The maximum Gasteiger partial charge on any atom is 0.317 e. The Kier molecular flexibility index (Phi) is 4.24. The van der Waals surface area contributed by atoms with Gasteiger partial charge in [0.1, 0.15) is 0 Å². The number of hydrogen-bond acceptors (Lipinski definition) is 4. The highest BCUT2D eigenvalue weighted by molar-refractivity contribution is 5.80. The molecule has 0 spiro atoms. The minimum atomic E-state index is -0.218. The average molecular weight is 304 g/mol. The van der Waals surface area contributed by atoms with Gasteiger partial charge in [-0.15, -0.1) is 0 Å². The van der Waals surface area contributed by atoms with Crippen molar-refractivity contribution in [1.29, 1.82) is 0 Å². The largest absolute Gasteiger partial charge is 0.370 e. The van der Waals surface area contributed by atoms with Crippen molar-refractivity contribution >= 4 is 11.9 Å². The Labute approximate surface area is 129 Å². The molecule has 0 aromatic carbocycles. The molecule has 22 heavy (non-hydrogen) atoms. The highest BCUT2D eigenvalue weighted by Crippen LogP contribution is 2.32. The smallest absolute Gasteiger partial charge is 0.317 e. The van der Waals surface area contributed by atoms with Gasteiger partial charge in [0.25, 0.3) is 0 Å². The van der Waals surface area contributed by atoms with Crippen molar-refractivity contribution in [3.63, 3.8) is 0 Å². The zero-order valence-electron chi connectivity index (χ0n) is 12.5. The minimum Gasteiger partial charge on any atom is -0.370 e. The van der Waals surface area contributed by atoms with E-state index in [1.165, 1.54) is 0 Å². The fourth-order valence-corrected chi connectivity index (χ4v) is 3.08. The van der Waals surface area contributed by atoms with Crippen molar-refractivity contribution in [2.45, 2.75) is 25.2 Å². The van der Waals surface area contributed by atoms with E-state index in [0.717, 1.165) is 5.56 Å². The van der Waals surface area contributed by atoms with Crippen LogP contribution in [0.15, 0.2) is 24.5 Å². The van der Waals surface area contributed by atoms with Crippen molar-refractivity contribution < 1.29 is 14.3 Å². The maximum absolute atomic E-state index is 12.4. The first kappa shape index (κ1) is 14.8. The second-order valence-electron chi connectivity index (χ2n) is 5.68. The molecule has 0 aliphatic carbocycles. The summed E-state index contributed by atoms with van der Waals surface area (Å²) in [7, 11) is 1.61. The number of hydrogen-bond donors (Lipinski definition) is 2. The third-order valence-electron chi connectivity index (χ3n) is 4.18. The topological polar surface area (TPSA) is 83.6 Å². The van der Waals surface area contributed by atoms with E-state index in [9.17, 15) is 9.59 Å². The zero-order chi connectivity index (χ0) is 15.5. The Morgan fingerprint density at radius 1 is 1.45 bits per heavy atom. The molecule has 1 aromatic rings. The molecule has 1 aromatic heterocycles. The third kappa shape index (κ3) is 3.04. The number of urea groups is 1. The molecule has 2 aliphatic rings. The van der Waals surface area contributed by atoms with Gasteiger partial charge in [-0.1, -0.05) is 6.07 Å². The third-order valence-corrected chi connectivity index (χ3v) is 4.18. The van der Waals surface area contributed by atoms with Gasteiger partial charge in [0.15, 0.2) is 0 Å². The zero-order valence-corrected chi connectivity index (χ0v) is 12.5. The van der Waals surface area contributed by atoms with E-state index in [1.807, 2.05) is 12.1 Å². The summed E-state index contributed by atoms with van der Waals surface area (Å²) in [6, 6.07) is 3.65. The van der Waals surface area contributed by atoms with E-state index in [-0.39, 0.29) is 30.1 Å².